The molecule has 1 atom stereocenters. The van der Waals surface area contributed by atoms with Crippen molar-refractivity contribution in [3.8, 4) is 0 Å². The number of aliphatic imine (C=N–C) groups is 1. The summed E-state index contributed by atoms with van der Waals surface area (Å²) in [4.78, 5) is 29.9. The summed E-state index contributed by atoms with van der Waals surface area (Å²) in [5, 5.41) is 9.49. The molecule has 0 bridgehead atoms. The highest BCUT2D eigenvalue weighted by molar-refractivity contribution is 6.34. The van der Waals surface area contributed by atoms with Crippen molar-refractivity contribution in [2.75, 3.05) is 0 Å². The minimum absolute atomic E-state index is 0.0354. The molecular weight excluding hydrogens is 412 g/mol. The molecule has 0 spiro atoms. The molecule has 3 aromatic rings. The van der Waals surface area contributed by atoms with Gasteiger partial charge in [-0.1, -0.05) is 79.5 Å². The minimum Gasteiger partial charge on any atom is -0.323 e. The molecular formula is C24H25ClN4O2. The first kappa shape index (κ1) is 22.4. The van der Waals surface area contributed by atoms with Crippen molar-refractivity contribution in [1.82, 2.24) is 15.5 Å². The quantitative estimate of drug-likeness (QED) is 0.509. The zero-order chi connectivity index (χ0) is 22.4. The predicted molar refractivity (Wildman–Crippen MR) is 123 cm³/mol. The van der Waals surface area contributed by atoms with Crippen LogP contribution in [0.15, 0.2) is 59.6 Å². The molecule has 1 unspecified atom stereocenters. The van der Waals surface area contributed by atoms with Crippen LogP contribution in [0.25, 0.3) is 0 Å². The van der Waals surface area contributed by atoms with E-state index in [1.54, 1.807) is 6.92 Å². The monoisotopic (exact) mass is 436 g/mol. The second-order valence-electron chi connectivity index (χ2n) is 7.25. The summed E-state index contributed by atoms with van der Waals surface area (Å²) in [6, 6.07) is 17.6. The van der Waals surface area contributed by atoms with Crippen LogP contribution in [0.5, 0.6) is 0 Å². The zero-order valence-corrected chi connectivity index (χ0v) is 18.5. The average molecular weight is 437 g/mol. The summed E-state index contributed by atoms with van der Waals surface area (Å²) in [5.74, 6) is -0.856. The molecule has 7 heteroatoms. The molecule has 2 aromatic carbocycles. The number of carbonyl (C=O) groups excluding carboxylic acids is 2. The van der Waals surface area contributed by atoms with E-state index in [1.165, 1.54) is 6.92 Å². The second-order valence-corrected chi connectivity index (χ2v) is 7.63. The molecule has 31 heavy (non-hydrogen) atoms. The number of hydrogen-bond acceptors (Lipinski definition) is 4. The van der Waals surface area contributed by atoms with Gasteiger partial charge in [-0.2, -0.15) is 5.10 Å². The number of aryl methyl sites for hydroxylation is 2. The van der Waals surface area contributed by atoms with Crippen molar-refractivity contribution < 1.29 is 9.59 Å². The van der Waals surface area contributed by atoms with E-state index in [4.69, 9.17) is 16.6 Å². The van der Waals surface area contributed by atoms with E-state index in [1.807, 2.05) is 48.5 Å². The van der Waals surface area contributed by atoms with Gasteiger partial charge in [0.25, 0.3) is 5.91 Å². The largest absolute Gasteiger partial charge is 0.323 e. The van der Waals surface area contributed by atoms with Crippen LogP contribution in [-0.2, 0) is 11.2 Å². The van der Waals surface area contributed by atoms with Gasteiger partial charge in [0.1, 0.15) is 0 Å². The van der Waals surface area contributed by atoms with Crippen LogP contribution in [-0.4, -0.2) is 33.8 Å². The molecule has 0 saturated heterocycles. The zero-order valence-electron chi connectivity index (χ0n) is 17.8. The first-order valence-electron chi connectivity index (χ1n) is 10.2. The SMILES string of the molecule is CCCc1ccccc1/C(=N\C(NC(=O)c1n[nH]c(C)c1Cl)C(C)=O)c1ccccc1. The lowest BCUT2D eigenvalue weighted by molar-refractivity contribution is -0.118. The summed E-state index contributed by atoms with van der Waals surface area (Å²) in [6.45, 7) is 5.22. The molecule has 3 rings (SSSR count). The molecule has 0 aliphatic carbocycles. The number of H-pyrrole nitrogens is 1. The number of Topliss-reactive ketones (excluding diaryl/α,β-unsaturated/α-hetero) is 1. The molecule has 0 aliphatic rings. The number of aromatic amines is 1. The van der Waals surface area contributed by atoms with Gasteiger partial charge in [-0.25, -0.2) is 0 Å². The molecule has 0 fully saturated rings. The van der Waals surface area contributed by atoms with E-state index >= 15 is 0 Å². The van der Waals surface area contributed by atoms with E-state index in [2.05, 4.69) is 28.5 Å². The standard InChI is InChI=1S/C24H25ClN4O2/c1-4-10-17-11-8-9-14-19(17)21(18-12-6-5-7-13-18)26-23(16(3)30)27-24(31)22-20(25)15(2)28-29-22/h5-9,11-14,23H,4,10H2,1-3H3,(H,27,31)(H,28,29)/b26-21-. The third-order valence-electron chi connectivity index (χ3n) is 4.84. The Morgan fingerprint density at radius 3 is 2.42 bits per heavy atom. The van der Waals surface area contributed by atoms with Crippen LogP contribution < -0.4 is 5.32 Å². The molecule has 1 aromatic heterocycles. The van der Waals surface area contributed by atoms with Crippen molar-refractivity contribution >= 4 is 29.0 Å². The molecule has 1 heterocycles. The van der Waals surface area contributed by atoms with Crippen molar-refractivity contribution in [2.24, 2.45) is 4.99 Å². The maximum atomic E-state index is 12.7. The Hall–Kier alpha value is -3.25. The number of carbonyl (C=O) groups is 2. The van der Waals surface area contributed by atoms with E-state index in [9.17, 15) is 9.59 Å². The Morgan fingerprint density at radius 2 is 1.81 bits per heavy atom. The van der Waals surface area contributed by atoms with Crippen molar-refractivity contribution in [2.45, 2.75) is 39.8 Å². The number of aromatic nitrogens is 2. The molecule has 0 saturated carbocycles. The first-order valence-corrected chi connectivity index (χ1v) is 10.5. The molecule has 0 aliphatic heterocycles. The van der Waals surface area contributed by atoms with Gasteiger partial charge in [0.15, 0.2) is 17.6 Å². The Bertz CT molecular complexity index is 1110. The lowest BCUT2D eigenvalue weighted by atomic mass is 9.95. The van der Waals surface area contributed by atoms with Gasteiger partial charge in [-0.05, 0) is 25.8 Å². The lowest BCUT2D eigenvalue weighted by Gasteiger charge is -2.17. The van der Waals surface area contributed by atoms with Gasteiger partial charge in [0.05, 0.1) is 16.4 Å². The Morgan fingerprint density at radius 1 is 1.13 bits per heavy atom. The van der Waals surface area contributed by atoms with Crippen LogP contribution >= 0.6 is 11.6 Å². The van der Waals surface area contributed by atoms with E-state index in [0.717, 1.165) is 29.5 Å². The number of benzene rings is 2. The number of rotatable bonds is 8. The van der Waals surface area contributed by atoms with Gasteiger partial charge >= 0.3 is 0 Å². The molecule has 1 amide bonds. The van der Waals surface area contributed by atoms with E-state index < -0.39 is 12.1 Å². The van der Waals surface area contributed by atoms with Crippen LogP contribution in [0.1, 0.15) is 53.1 Å². The number of nitrogens with zero attached hydrogens (tertiary/aromatic N) is 2. The maximum Gasteiger partial charge on any atom is 0.275 e. The topological polar surface area (TPSA) is 87.2 Å². The Labute approximate surface area is 186 Å². The smallest absolute Gasteiger partial charge is 0.275 e. The Balaban J connectivity index is 2.06. The summed E-state index contributed by atoms with van der Waals surface area (Å²) in [7, 11) is 0. The average Bonchev–Trinajstić information content (AvgIpc) is 3.11. The van der Waals surface area contributed by atoms with Crippen LogP contribution in [0.3, 0.4) is 0 Å². The van der Waals surface area contributed by atoms with Crippen molar-refractivity contribution in [1.29, 1.82) is 0 Å². The number of hydrogen-bond donors (Lipinski definition) is 2. The lowest BCUT2D eigenvalue weighted by Crippen LogP contribution is -2.39. The normalized spacial score (nSPS) is 12.5. The second kappa shape index (κ2) is 10.2. The molecule has 2 N–H and O–H groups in total. The summed E-state index contributed by atoms with van der Waals surface area (Å²) in [6.07, 6.45) is 0.773. The number of amides is 1. The third-order valence-corrected chi connectivity index (χ3v) is 5.30. The minimum atomic E-state index is -1.08. The molecule has 0 radical (unpaired) electrons. The Kier molecular flexibility index (Phi) is 7.36. The highest BCUT2D eigenvalue weighted by Crippen LogP contribution is 2.20. The van der Waals surface area contributed by atoms with E-state index in [0.29, 0.717) is 11.4 Å². The van der Waals surface area contributed by atoms with Gasteiger partial charge in [0.2, 0.25) is 0 Å². The van der Waals surface area contributed by atoms with Crippen molar-refractivity contribution in [3.05, 3.63) is 87.7 Å². The highest BCUT2D eigenvalue weighted by Gasteiger charge is 2.23. The predicted octanol–water partition coefficient (Wildman–Crippen LogP) is 4.51. The number of halogens is 1. The molecule has 160 valence electrons. The highest BCUT2D eigenvalue weighted by atomic mass is 35.5. The summed E-state index contributed by atoms with van der Waals surface area (Å²) < 4.78 is 0. The summed E-state index contributed by atoms with van der Waals surface area (Å²) >= 11 is 6.14. The first-order chi connectivity index (χ1) is 14.9. The van der Waals surface area contributed by atoms with Crippen molar-refractivity contribution in [3.63, 3.8) is 0 Å². The summed E-state index contributed by atoms with van der Waals surface area (Å²) in [5.41, 5.74) is 4.19. The fourth-order valence-electron chi connectivity index (χ4n) is 3.25. The maximum absolute atomic E-state index is 12.7. The fraction of sp³-hybridized carbons (Fsp3) is 0.250. The molecule has 6 nitrogen and oxygen atoms in total. The van der Waals surface area contributed by atoms with Gasteiger partial charge in [-0.15, -0.1) is 0 Å². The van der Waals surface area contributed by atoms with E-state index in [-0.39, 0.29) is 16.5 Å². The fourth-order valence-corrected chi connectivity index (χ4v) is 3.42. The van der Waals surface area contributed by atoms with Gasteiger partial charge < -0.3 is 5.32 Å². The van der Waals surface area contributed by atoms with Gasteiger partial charge in [0, 0.05) is 11.1 Å². The number of nitrogens with one attached hydrogen (secondary N) is 2. The van der Waals surface area contributed by atoms with Crippen LogP contribution in [0, 0.1) is 6.92 Å². The third kappa shape index (κ3) is 5.27. The van der Waals surface area contributed by atoms with Crippen LogP contribution in [0.2, 0.25) is 5.02 Å². The van der Waals surface area contributed by atoms with Gasteiger partial charge in [-0.3, -0.25) is 19.7 Å². The number of ketones is 1. The van der Waals surface area contributed by atoms with Crippen LogP contribution in [0.4, 0.5) is 0 Å².